The molecule has 1 aromatic carbocycles. The highest BCUT2D eigenvalue weighted by Gasteiger charge is 2.42. The number of nitrogens with two attached hydrogens (primary N) is 1. The zero-order valence-corrected chi connectivity index (χ0v) is 13.0. The molecule has 1 saturated heterocycles. The van der Waals surface area contributed by atoms with Crippen LogP contribution in [0, 0.1) is 18.6 Å². The van der Waals surface area contributed by atoms with Crippen LogP contribution < -0.4 is 11.3 Å². The van der Waals surface area contributed by atoms with Crippen LogP contribution in [-0.2, 0) is 0 Å². The highest BCUT2D eigenvalue weighted by atomic mass is 19.1. The van der Waals surface area contributed by atoms with Crippen LogP contribution in [-0.4, -0.2) is 23.5 Å². The first kappa shape index (κ1) is 16.3. The van der Waals surface area contributed by atoms with Gasteiger partial charge in [-0.25, -0.2) is 8.78 Å². The Hall–Kier alpha value is -1.04. The van der Waals surface area contributed by atoms with E-state index in [-0.39, 0.29) is 5.56 Å². The van der Waals surface area contributed by atoms with Crippen LogP contribution in [0.15, 0.2) is 12.1 Å². The van der Waals surface area contributed by atoms with Gasteiger partial charge >= 0.3 is 0 Å². The first-order chi connectivity index (χ1) is 9.95. The number of rotatable bonds is 5. The Morgan fingerprint density at radius 2 is 1.95 bits per heavy atom. The summed E-state index contributed by atoms with van der Waals surface area (Å²) in [5.41, 5.74) is 2.74. The van der Waals surface area contributed by atoms with Gasteiger partial charge in [0.05, 0.1) is 6.04 Å². The zero-order valence-electron chi connectivity index (χ0n) is 13.0. The molecule has 0 spiro atoms. The van der Waals surface area contributed by atoms with E-state index in [0.717, 1.165) is 32.4 Å². The lowest BCUT2D eigenvalue weighted by atomic mass is 9.82. The molecule has 5 heteroatoms. The number of nitrogens with zero attached hydrogens (tertiary/aromatic N) is 1. The van der Waals surface area contributed by atoms with Gasteiger partial charge in [0.1, 0.15) is 11.6 Å². The highest BCUT2D eigenvalue weighted by molar-refractivity contribution is 5.31. The van der Waals surface area contributed by atoms with Crippen molar-refractivity contribution in [3.63, 3.8) is 0 Å². The Balaban J connectivity index is 2.49. The molecule has 0 amide bonds. The first-order valence-corrected chi connectivity index (χ1v) is 7.61. The molecule has 0 bridgehead atoms. The van der Waals surface area contributed by atoms with E-state index in [2.05, 4.69) is 10.3 Å². The number of hydrogen-bond donors (Lipinski definition) is 2. The molecule has 3 N–H and O–H groups in total. The summed E-state index contributed by atoms with van der Waals surface area (Å²) in [4.78, 5) is 2.29. The van der Waals surface area contributed by atoms with Gasteiger partial charge in [0.2, 0.25) is 0 Å². The predicted octanol–water partition coefficient (Wildman–Crippen LogP) is 3.04. The molecule has 1 heterocycles. The standard InChI is InChI=1S/C16H25F2N3/c1-4-16(3,21-9-5-6-10-21)15(20-19)13-12(17)8-7-11(2)14(13)18/h7-8,15,20H,4-6,9-10,19H2,1-3H3. The lowest BCUT2D eigenvalue weighted by molar-refractivity contribution is 0.0807. The van der Waals surface area contributed by atoms with Gasteiger partial charge in [-0.2, -0.15) is 0 Å². The number of benzene rings is 1. The Morgan fingerprint density at radius 1 is 1.33 bits per heavy atom. The summed E-state index contributed by atoms with van der Waals surface area (Å²) in [7, 11) is 0. The number of hydrazine groups is 1. The van der Waals surface area contributed by atoms with Crippen LogP contribution in [0.3, 0.4) is 0 Å². The van der Waals surface area contributed by atoms with E-state index in [0.29, 0.717) is 5.56 Å². The summed E-state index contributed by atoms with van der Waals surface area (Å²) in [6.45, 7) is 7.60. The largest absolute Gasteiger partial charge is 0.296 e. The molecule has 1 aliphatic heterocycles. The maximum atomic E-state index is 14.5. The van der Waals surface area contributed by atoms with Crippen molar-refractivity contribution < 1.29 is 8.78 Å². The molecule has 0 aromatic heterocycles. The van der Waals surface area contributed by atoms with E-state index in [1.54, 1.807) is 6.92 Å². The van der Waals surface area contributed by atoms with Gasteiger partial charge in [0, 0.05) is 11.1 Å². The van der Waals surface area contributed by atoms with Crippen molar-refractivity contribution in [3.8, 4) is 0 Å². The number of hydrogen-bond acceptors (Lipinski definition) is 3. The summed E-state index contributed by atoms with van der Waals surface area (Å²) in [6, 6.07) is 2.19. The van der Waals surface area contributed by atoms with Crippen molar-refractivity contribution in [1.82, 2.24) is 10.3 Å². The van der Waals surface area contributed by atoms with Gasteiger partial charge in [-0.1, -0.05) is 13.0 Å². The van der Waals surface area contributed by atoms with Crippen LogP contribution in [0.2, 0.25) is 0 Å². The average Bonchev–Trinajstić information content (AvgIpc) is 3.01. The van der Waals surface area contributed by atoms with Gasteiger partial charge in [-0.15, -0.1) is 0 Å². The summed E-state index contributed by atoms with van der Waals surface area (Å²) >= 11 is 0. The van der Waals surface area contributed by atoms with Crippen LogP contribution in [0.5, 0.6) is 0 Å². The molecule has 3 nitrogen and oxygen atoms in total. The monoisotopic (exact) mass is 297 g/mol. The second kappa shape index (κ2) is 6.38. The number of likely N-dealkylation sites (tertiary alicyclic amines) is 1. The van der Waals surface area contributed by atoms with Crippen LogP contribution in [0.4, 0.5) is 8.78 Å². The fourth-order valence-corrected chi connectivity index (χ4v) is 3.36. The van der Waals surface area contributed by atoms with Crippen molar-refractivity contribution in [3.05, 3.63) is 34.9 Å². The average molecular weight is 297 g/mol. The lowest BCUT2D eigenvalue weighted by Gasteiger charge is -2.44. The van der Waals surface area contributed by atoms with E-state index >= 15 is 0 Å². The summed E-state index contributed by atoms with van der Waals surface area (Å²) in [6.07, 6.45) is 2.99. The minimum Gasteiger partial charge on any atom is -0.296 e. The third-order valence-electron chi connectivity index (χ3n) is 4.94. The summed E-state index contributed by atoms with van der Waals surface area (Å²) in [5, 5.41) is 0. The Kier molecular flexibility index (Phi) is 4.96. The fraction of sp³-hybridized carbons (Fsp3) is 0.625. The third kappa shape index (κ3) is 2.82. The molecule has 1 aromatic rings. The maximum absolute atomic E-state index is 14.5. The van der Waals surface area contributed by atoms with E-state index in [9.17, 15) is 8.78 Å². The zero-order chi connectivity index (χ0) is 15.6. The summed E-state index contributed by atoms with van der Waals surface area (Å²) < 4.78 is 28.8. The van der Waals surface area contributed by atoms with Gasteiger partial charge in [-0.3, -0.25) is 16.2 Å². The maximum Gasteiger partial charge on any atom is 0.133 e. The number of halogens is 2. The van der Waals surface area contributed by atoms with E-state index < -0.39 is 23.2 Å². The molecule has 118 valence electrons. The van der Waals surface area contributed by atoms with Gasteiger partial charge in [-0.05, 0) is 57.8 Å². The molecule has 0 aliphatic carbocycles. The van der Waals surface area contributed by atoms with Crippen LogP contribution in [0.25, 0.3) is 0 Å². The third-order valence-corrected chi connectivity index (χ3v) is 4.94. The first-order valence-electron chi connectivity index (χ1n) is 7.61. The normalized spacial score (nSPS) is 20.5. The smallest absolute Gasteiger partial charge is 0.133 e. The predicted molar refractivity (Wildman–Crippen MR) is 80.7 cm³/mol. The quantitative estimate of drug-likeness (QED) is 0.648. The van der Waals surface area contributed by atoms with Gasteiger partial charge in [0.25, 0.3) is 0 Å². The molecule has 1 aliphatic rings. The van der Waals surface area contributed by atoms with Gasteiger partial charge < -0.3 is 0 Å². The molecular formula is C16H25F2N3. The molecular weight excluding hydrogens is 272 g/mol. The minimum absolute atomic E-state index is 0.0498. The Bertz CT molecular complexity index is 501. The second-order valence-corrected chi connectivity index (χ2v) is 6.10. The van der Waals surface area contributed by atoms with Crippen molar-refractivity contribution in [2.75, 3.05) is 13.1 Å². The van der Waals surface area contributed by atoms with Crippen molar-refractivity contribution in [2.45, 2.75) is 51.6 Å². The van der Waals surface area contributed by atoms with E-state index in [1.807, 2.05) is 13.8 Å². The van der Waals surface area contributed by atoms with Crippen molar-refractivity contribution in [2.24, 2.45) is 5.84 Å². The van der Waals surface area contributed by atoms with E-state index in [4.69, 9.17) is 5.84 Å². The second-order valence-electron chi connectivity index (χ2n) is 6.10. The SMILES string of the molecule is CCC(C)(C(NN)c1c(F)ccc(C)c1F)N1CCCC1. The van der Waals surface area contributed by atoms with E-state index in [1.165, 1.54) is 12.1 Å². The van der Waals surface area contributed by atoms with Crippen LogP contribution >= 0.6 is 0 Å². The molecule has 1 fully saturated rings. The van der Waals surface area contributed by atoms with Crippen molar-refractivity contribution >= 4 is 0 Å². The van der Waals surface area contributed by atoms with Gasteiger partial charge in [0.15, 0.2) is 0 Å². The van der Waals surface area contributed by atoms with Crippen LogP contribution in [0.1, 0.15) is 50.3 Å². The fourth-order valence-electron chi connectivity index (χ4n) is 3.36. The number of nitrogens with one attached hydrogen (secondary N) is 1. The molecule has 2 atom stereocenters. The Labute approximate surface area is 125 Å². The highest BCUT2D eigenvalue weighted by Crippen LogP contribution is 2.38. The molecule has 2 unspecified atom stereocenters. The summed E-state index contributed by atoms with van der Waals surface area (Å²) in [5.74, 6) is 4.67. The Morgan fingerprint density at radius 3 is 2.48 bits per heavy atom. The minimum atomic E-state index is -0.583. The lowest BCUT2D eigenvalue weighted by Crippen LogP contribution is -2.55. The molecule has 0 radical (unpaired) electrons. The molecule has 21 heavy (non-hydrogen) atoms. The number of aryl methyl sites for hydroxylation is 1. The van der Waals surface area contributed by atoms with Crippen molar-refractivity contribution in [1.29, 1.82) is 0 Å². The molecule has 2 rings (SSSR count). The molecule has 0 saturated carbocycles. The topological polar surface area (TPSA) is 41.3 Å².